The number of aliphatic hydroxyl groups is 2. The van der Waals surface area contributed by atoms with Gasteiger partial charge in [-0.15, -0.1) is 0 Å². The van der Waals surface area contributed by atoms with Gasteiger partial charge in [-0.2, -0.15) is 0 Å². The van der Waals surface area contributed by atoms with Crippen molar-refractivity contribution in [2.24, 2.45) is 17.8 Å². The molecule has 2 amide bonds. The number of amides is 2. The van der Waals surface area contributed by atoms with E-state index in [1.54, 1.807) is 19.9 Å². The second-order valence-electron chi connectivity index (χ2n) is 9.29. The van der Waals surface area contributed by atoms with Gasteiger partial charge in [0.2, 0.25) is 11.8 Å². The average molecular weight is 478 g/mol. The molecular weight excluding hydrogens is 438 g/mol. The Bertz CT molecular complexity index is 783. The van der Waals surface area contributed by atoms with Gasteiger partial charge in [-0.1, -0.05) is 38.2 Å². The van der Waals surface area contributed by atoms with E-state index >= 15 is 0 Å². The zero-order valence-corrected chi connectivity index (χ0v) is 20.4. The Balaban J connectivity index is 2.42. The minimum Gasteiger partial charge on any atom is -0.478 e. The van der Waals surface area contributed by atoms with Gasteiger partial charge in [0.15, 0.2) is 0 Å². The van der Waals surface area contributed by atoms with Gasteiger partial charge in [0.1, 0.15) is 5.78 Å². The summed E-state index contributed by atoms with van der Waals surface area (Å²) in [5, 5.41) is 31.6. The number of piperidine rings is 1. The zero-order valence-electron chi connectivity index (χ0n) is 20.4. The Morgan fingerprint density at radius 1 is 1.03 bits per heavy atom. The van der Waals surface area contributed by atoms with Gasteiger partial charge in [-0.3, -0.25) is 19.7 Å². The number of allylic oxidation sites excluding steroid dienone is 4. The van der Waals surface area contributed by atoms with Gasteiger partial charge in [0.05, 0.1) is 12.2 Å². The fourth-order valence-electron chi connectivity index (χ4n) is 4.08. The highest BCUT2D eigenvalue weighted by Gasteiger charge is 2.29. The highest BCUT2D eigenvalue weighted by Crippen LogP contribution is 2.23. The van der Waals surface area contributed by atoms with Gasteiger partial charge in [-0.05, 0) is 56.4 Å². The van der Waals surface area contributed by atoms with Crippen LogP contribution in [0.15, 0.2) is 36.0 Å². The Hall–Kier alpha value is -2.58. The van der Waals surface area contributed by atoms with Crippen molar-refractivity contribution in [3.8, 4) is 0 Å². The SMILES string of the molecule is C/C(=C\[C@@H](C)CC/C=C/CC/C=C/C(=O)O)[C@H](O)[C@H](C)C(=O)C[C@H](O)CC1CC(=O)NC(=O)C1. The van der Waals surface area contributed by atoms with Crippen LogP contribution in [0.2, 0.25) is 0 Å². The molecule has 0 aromatic heterocycles. The number of carboxylic acid groups (broad SMARTS) is 1. The van der Waals surface area contributed by atoms with Crippen LogP contribution in [0.25, 0.3) is 0 Å². The molecule has 0 bridgehead atoms. The molecule has 0 spiro atoms. The quantitative estimate of drug-likeness (QED) is 0.123. The molecule has 0 saturated carbocycles. The highest BCUT2D eigenvalue weighted by molar-refractivity contribution is 5.97. The first-order valence-electron chi connectivity index (χ1n) is 11.9. The summed E-state index contributed by atoms with van der Waals surface area (Å²) in [4.78, 5) is 45.9. The summed E-state index contributed by atoms with van der Waals surface area (Å²) >= 11 is 0. The van der Waals surface area contributed by atoms with E-state index < -0.39 is 24.1 Å². The predicted octanol–water partition coefficient (Wildman–Crippen LogP) is 3.09. The van der Waals surface area contributed by atoms with E-state index in [1.807, 2.05) is 19.1 Å². The number of carbonyl (C=O) groups excluding carboxylic acids is 3. The Morgan fingerprint density at radius 2 is 1.62 bits per heavy atom. The first-order valence-corrected chi connectivity index (χ1v) is 11.9. The normalized spacial score (nSPS) is 19.3. The molecule has 34 heavy (non-hydrogen) atoms. The summed E-state index contributed by atoms with van der Waals surface area (Å²) in [6, 6.07) is 0. The summed E-state index contributed by atoms with van der Waals surface area (Å²) in [5.41, 5.74) is 0.708. The number of carbonyl (C=O) groups is 4. The minimum atomic E-state index is -0.958. The first-order chi connectivity index (χ1) is 16.0. The molecule has 4 N–H and O–H groups in total. The number of rotatable bonds is 15. The van der Waals surface area contributed by atoms with Crippen molar-refractivity contribution in [3.63, 3.8) is 0 Å². The van der Waals surface area contributed by atoms with Crippen LogP contribution >= 0.6 is 0 Å². The van der Waals surface area contributed by atoms with Crippen molar-refractivity contribution in [1.29, 1.82) is 0 Å². The van der Waals surface area contributed by atoms with Crippen molar-refractivity contribution in [2.75, 3.05) is 0 Å². The smallest absolute Gasteiger partial charge is 0.327 e. The highest BCUT2D eigenvalue weighted by atomic mass is 16.4. The van der Waals surface area contributed by atoms with Gasteiger partial charge < -0.3 is 15.3 Å². The van der Waals surface area contributed by atoms with Crippen LogP contribution in [0.4, 0.5) is 0 Å². The van der Waals surface area contributed by atoms with Gasteiger partial charge in [0.25, 0.3) is 0 Å². The number of nitrogens with one attached hydrogen (secondary N) is 1. The lowest BCUT2D eigenvalue weighted by molar-refractivity contribution is -0.135. The molecule has 0 aromatic rings. The van der Waals surface area contributed by atoms with Crippen LogP contribution in [-0.2, 0) is 19.2 Å². The Morgan fingerprint density at radius 3 is 2.24 bits per heavy atom. The van der Waals surface area contributed by atoms with Crippen molar-refractivity contribution in [2.45, 2.75) is 84.3 Å². The lowest BCUT2D eigenvalue weighted by Gasteiger charge is -2.24. The lowest BCUT2D eigenvalue weighted by atomic mass is 9.86. The number of Topliss-reactive ketones (excluding diaryl/α,β-unsaturated/α-hetero) is 1. The summed E-state index contributed by atoms with van der Waals surface area (Å²) in [7, 11) is 0. The van der Waals surface area contributed by atoms with E-state index in [9.17, 15) is 29.4 Å². The third-order valence-corrected chi connectivity index (χ3v) is 5.98. The second kappa shape index (κ2) is 15.3. The summed E-state index contributed by atoms with van der Waals surface area (Å²) in [5.74, 6) is -2.67. The third-order valence-electron chi connectivity index (χ3n) is 5.98. The van der Waals surface area contributed by atoms with Crippen molar-refractivity contribution in [3.05, 3.63) is 36.0 Å². The van der Waals surface area contributed by atoms with Crippen molar-refractivity contribution < 1.29 is 34.5 Å². The van der Waals surface area contributed by atoms with Crippen LogP contribution in [0.1, 0.15) is 72.1 Å². The first kappa shape index (κ1) is 29.5. The monoisotopic (exact) mass is 477 g/mol. The van der Waals surface area contributed by atoms with E-state index in [-0.39, 0.29) is 55.1 Å². The van der Waals surface area contributed by atoms with Crippen LogP contribution < -0.4 is 5.32 Å². The molecule has 8 nitrogen and oxygen atoms in total. The number of imide groups is 1. The fraction of sp³-hybridized carbons (Fsp3) is 0.615. The summed E-state index contributed by atoms with van der Waals surface area (Å²) in [6.07, 6.45) is 10.5. The van der Waals surface area contributed by atoms with E-state index in [0.717, 1.165) is 25.3 Å². The van der Waals surface area contributed by atoms with E-state index in [0.29, 0.717) is 12.0 Å². The minimum absolute atomic E-state index is 0.125. The molecule has 1 aliphatic rings. The van der Waals surface area contributed by atoms with Gasteiger partial charge in [0, 0.05) is 31.3 Å². The molecule has 0 unspecified atom stereocenters. The number of unbranched alkanes of at least 4 members (excludes halogenated alkanes) is 1. The van der Waals surface area contributed by atoms with Crippen LogP contribution in [0, 0.1) is 17.8 Å². The average Bonchev–Trinajstić information content (AvgIpc) is 2.73. The number of carboxylic acids is 1. The molecule has 1 saturated heterocycles. The topological polar surface area (TPSA) is 141 Å². The van der Waals surface area contributed by atoms with Crippen LogP contribution in [0.5, 0.6) is 0 Å². The molecule has 4 atom stereocenters. The van der Waals surface area contributed by atoms with E-state index in [2.05, 4.69) is 11.4 Å². The van der Waals surface area contributed by atoms with Crippen molar-refractivity contribution in [1.82, 2.24) is 5.32 Å². The largest absolute Gasteiger partial charge is 0.478 e. The zero-order chi connectivity index (χ0) is 25.7. The fourth-order valence-corrected chi connectivity index (χ4v) is 4.08. The molecular formula is C26H39NO7. The number of hydrogen-bond donors (Lipinski definition) is 4. The third kappa shape index (κ3) is 12.0. The lowest BCUT2D eigenvalue weighted by Crippen LogP contribution is -2.39. The summed E-state index contributed by atoms with van der Waals surface area (Å²) < 4.78 is 0. The maximum absolute atomic E-state index is 12.6. The molecule has 0 aromatic carbocycles. The maximum atomic E-state index is 12.6. The molecule has 1 fully saturated rings. The molecule has 1 heterocycles. The van der Waals surface area contributed by atoms with E-state index in [4.69, 9.17) is 5.11 Å². The van der Waals surface area contributed by atoms with Gasteiger partial charge >= 0.3 is 5.97 Å². The van der Waals surface area contributed by atoms with E-state index in [1.165, 1.54) is 0 Å². The number of aliphatic hydroxyl groups excluding tert-OH is 2. The number of hydrogen-bond acceptors (Lipinski definition) is 6. The van der Waals surface area contributed by atoms with Crippen LogP contribution in [-0.4, -0.2) is 51.1 Å². The van der Waals surface area contributed by atoms with Crippen LogP contribution in [0.3, 0.4) is 0 Å². The van der Waals surface area contributed by atoms with Gasteiger partial charge in [-0.25, -0.2) is 4.79 Å². The number of aliphatic carboxylic acids is 1. The molecule has 0 aliphatic carbocycles. The second-order valence-corrected chi connectivity index (χ2v) is 9.29. The standard InChI is InChI=1S/C26H39NO7/c1-17(10-8-6-4-5-7-9-11-25(32)33)12-18(2)26(34)19(3)22(29)16-21(28)13-20-14-23(30)27-24(31)15-20/h4,6,9,11-12,17,19-21,26,28,34H,5,7-8,10,13-16H2,1-3H3,(H,32,33)(H,27,30,31)/b6-4+,11-9+,18-12+/t17-,19+,21+,26-/m0/s1. The molecule has 1 rings (SSSR count). The predicted molar refractivity (Wildman–Crippen MR) is 129 cm³/mol. The molecule has 1 aliphatic heterocycles. The molecule has 190 valence electrons. The Labute approximate surface area is 201 Å². The van der Waals surface area contributed by atoms with Crippen molar-refractivity contribution >= 4 is 23.6 Å². The maximum Gasteiger partial charge on any atom is 0.327 e. The Kier molecular flexibility index (Phi) is 13.3. The molecule has 8 heteroatoms. The number of ketones is 1. The molecule has 0 radical (unpaired) electrons. The summed E-state index contributed by atoms with van der Waals surface area (Å²) in [6.45, 7) is 5.47.